The molecule has 7 heteroatoms. The number of hydrazone groups is 1. The van der Waals surface area contributed by atoms with E-state index in [0.29, 0.717) is 17.7 Å². The molecule has 2 heterocycles. The number of Topliss-reactive ketones (excluding diaryl/α,β-unsaturated/α-hetero) is 1. The van der Waals surface area contributed by atoms with Gasteiger partial charge in [-0.15, -0.1) is 0 Å². The summed E-state index contributed by atoms with van der Waals surface area (Å²) >= 11 is 0. The Morgan fingerprint density at radius 1 is 0.909 bits per heavy atom. The first kappa shape index (κ1) is 20.8. The third-order valence-corrected chi connectivity index (χ3v) is 6.06. The van der Waals surface area contributed by atoms with E-state index in [-0.39, 0.29) is 12.7 Å². The normalized spacial score (nSPS) is 17.3. The zero-order valence-corrected chi connectivity index (χ0v) is 18.4. The SMILES string of the molecule is COc1ccc([C@@H]2CC(c3cccc(OC)c3)=NN2CN2C(=O)C(=O)c3ccccc32)cc1. The molecule has 0 radical (unpaired) electrons. The Hall–Kier alpha value is -4.13. The molecule has 2 aliphatic heterocycles. The van der Waals surface area contributed by atoms with Crippen LogP contribution in [0.2, 0.25) is 0 Å². The minimum Gasteiger partial charge on any atom is -0.497 e. The number of hydrogen-bond donors (Lipinski definition) is 0. The molecule has 0 saturated carbocycles. The predicted molar refractivity (Wildman–Crippen MR) is 125 cm³/mol. The highest BCUT2D eigenvalue weighted by molar-refractivity contribution is 6.52. The van der Waals surface area contributed by atoms with Gasteiger partial charge >= 0.3 is 5.91 Å². The van der Waals surface area contributed by atoms with Crippen LogP contribution in [0.15, 0.2) is 77.9 Å². The summed E-state index contributed by atoms with van der Waals surface area (Å²) in [6, 6.07) is 22.6. The van der Waals surface area contributed by atoms with Gasteiger partial charge < -0.3 is 9.47 Å². The fourth-order valence-corrected chi connectivity index (χ4v) is 4.31. The van der Waals surface area contributed by atoms with E-state index < -0.39 is 11.7 Å². The number of ketones is 1. The number of hydrogen-bond acceptors (Lipinski definition) is 6. The Morgan fingerprint density at radius 3 is 2.42 bits per heavy atom. The second-order valence-electron chi connectivity index (χ2n) is 7.93. The molecule has 1 amide bonds. The van der Waals surface area contributed by atoms with Crippen LogP contribution in [0.25, 0.3) is 0 Å². The maximum Gasteiger partial charge on any atom is 0.301 e. The van der Waals surface area contributed by atoms with Gasteiger partial charge in [-0.1, -0.05) is 36.4 Å². The number of fused-ring (bicyclic) bond motifs is 1. The van der Waals surface area contributed by atoms with Gasteiger partial charge in [0.05, 0.1) is 37.2 Å². The Morgan fingerprint density at radius 2 is 1.67 bits per heavy atom. The number of amides is 1. The van der Waals surface area contributed by atoms with Gasteiger partial charge in [0.1, 0.15) is 18.2 Å². The Balaban J connectivity index is 1.51. The molecule has 166 valence electrons. The maximum atomic E-state index is 12.8. The van der Waals surface area contributed by atoms with E-state index in [1.807, 2.05) is 59.6 Å². The molecule has 33 heavy (non-hydrogen) atoms. The second kappa shape index (κ2) is 8.43. The quantitative estimate of drug-likeness (QED) is 0.540. The zero-order valence-electron chi connectivity index (χ0n) is 18.4. The average Bonchev–Trinajstić information content (AvgIpc) is 3.40. The summed E-state index contributed by atoms with van der Waals surface area (Å²) in [5.74, 6) is 0.507. The molecule has 0 saturated heterocycles. The number of anilines is 1. The molecule has 1 atom stereocenters. The number of carbonyl (C=O) groups excluding carboxylic acids is 2. The molecule has 7 nitrogen and oxygen atoms in total. The molecule has 3 aromatic carbocycles. The predicted octanol–water partition coefficient (Wildman–Crippen LogP) is 4.04. The summed E-state index contributed by atoms with van der Waals surface area (Å²) in [4.78, 5) is 26.8. The van der Waals surface area contributed by atoms with Crippen LogP contribution in [0, 0.1) is 0 Å². The molecular weight excluding hydrogens is 418 g/mol. The van der Waals surface area contributed by atoms with Crippen LogP contribution >= 0.6 is 0 Å². The molecule has 0 spiro atoms. The van der Waals surface area contributed by atoms with Crippen LogP contribution in [0.3, 0.4) is 0 Å². The van der Waals surface area contributed by atoms with Gasteiger partial charge in [-0.05, 0) is 42.0 Å². The van der Waals surface area contributed by atoms with Crippen molar-refractivity contribution in [1.82, 2.24) is 5.01 Å². The minimum absolute atomic E-state index is 0.104. The van der Waals surface area contributed by atoms with Crippen molar-refractivity contribution in [3.63, 3.8) is 0 Å². The molecule has 0 N–H and O–H groups in total. The average molecular weight is 441 g/mol. The number of nitrogens with zero attached hydrogens (tertiary/aromatic N) is 3. The molecule has 0 unspecified atom stereocenters. The number of carbonyl (C=O) groups is 2. The van der Waals surface area contributed by atoms with E-state index in [0.717, 1.165) is 28.3 Å². The monoisotopic (exact) mass is 441 g/mol. The molecule has 5 rings (SSSR count). The van der Waals surface area contributed by atoms with Crippen molar-refractivity contribution in [2.45, 2.75) is 12.5 Å². The molecule has 3 aromatic rings. The fraction of sp³-hybridized carbons (Fsp3) is 0.192. The Bertz CT molecular complexity index is 1250. The first-order valence-electron chi connectivity index (χ1n) is 10.7. The van der Waals surface area contributed by atoms with Crippen molar-refractivity contribution >= 4 is 23.1 Å². The van der Waals surface area contributed by atoms with Crippen LogP contribution in [0.1, 0.15) is 33.9 Å². The van der Waals surface area contributed by atoms with Crippen LogP contribution in [-0.2, 0) is 4.79 Å². The first-order valence-corrected chi connectivity index (χ1v) is 10.7. The van der Waals surface area contributed by atoms with Gasteiger partial charge in [-0.2, -0.15) is 5.10 Å². The van der Waals surface area contributed by atoms with Crippen LogP contribution in [-0.4, -0.2) is 43.3 Å². The fourth-order valence-electron chi connectivity index (χ4n) is 4.31. The summed E-state index contributed by atoms with van der Waals surface area (Å²) in [5, 5.41) is 6.77. The highest BCUT2D eigenvalue weighted by Crippen LogP contribution is 2.36. The van der Waals surface area contributed by atoms with Gasteiger partial charge in [-0.25, -0.2) is 0 Å². The van der Waals surface area contributed by atoms with Crippen molar-refractivity contribution in [3.05, 3.63) is 89.5 Å². The van der Waals surface area contributed by atoms with Gasteiger partial charge in [0.2, 0.25) is 0 Å². The smallest absolute Gasteiger partial charge is 0.301 e. The number of para-hydroxylation sites is 1. The van der Waals surface area contributed by atoms with Crippen molar-refractivity contribution in [2.75, 3.05) is 25.8 Å². The van der Waals surface area contributed by atoms with E-state index in [2.05, 4.69) is 0 Å². The first-order chi connectivity index (χ1) is 16.1. The topological polar surface area (TPSA) is 71.4 Å². The maximum absolute atomic E-state index is 12.8. The number of methoxy groups -OCH3 is 2. The lowest BCUT2D eigenvalue weighted by Crippen LogP contribution is -2.39. The van der Waals surface area contributed by atoms with Gasteiger partial charge in [0, 0.05) is 12.0 Å². The van der Waals surface area contributed by atoms with E-state index in [1.54, 1.807) is 32.4 Å². The minimum atomic E-state index is -0.533. The molecule has 0 aliphatic carbocycles. The van der Waals surface area contributed by atoms with E-state index in [4.69, 9.17) is 14.6 Å². The number of benzene rings is 3. The highest BCUT2D eigenvalue weighted by atomic mass is 16.5. The van der Waals surface area contributed by atoms with Gasteiger partial charge in [0.25, 0.3) is 5.78 Å². The highest BCUT2D eigenvalue weighted by Gasteiger charge is 2.39. The van der Waals surface area contributed by atoms with Crippen LogP contribution < -0.4 is 14.4 Å². The summed E-state index contributed by atoms with van der Waals surface area (Å²) < 4.78 is 10.7. The van der Waals surface area contributed by atoms with E-state index in [9.17, 15) is 9.59 Å². The third kappa shape index (κ3) is 3.71. The molecule has 0 bridgehead atoms. The number of rotatable bonds is 6. The van der Waals surface area contributed by atoms with Gasteiger partial charge in [0.15, 0.2) is 0 Å². The summed E-state index contributed by atoms with van der Waals surface area (Å²) in [5.41, 5.74) is 3.94. The molecular formula is C26H23N3O4. The third-order valence-electron chi connectivity index (χ3n) is 6.06. The Labute approximate surface area is 191 Å². The van der Waals surface area contributed by atoms with Crippen molar-refractivity contribution in [3.8, 4) is 11.5 Å². The molecule has 2 aliphatic rings. The lowest BCUT2D eigenvalue weighted by molar-refractivity contribution is -0.114. The molecule has 0 fully saturated rings. The summed E-state index contributed by atoms with van der Waals surface area (Å²) in [7, 11) is 3.27. The Kier molecular flexibility index (Phi) is 5.30. The van der Waals surface area contributed by atoms with Gasteiger partial charge in [-0.3, -0.25) is 19.5 Å². The zero-order chi connectivity index (χ0) is 22.9. The largest absolute Gasteiger partial charge is 0.497 e. The van der Waals surface area contributed by atoms with Crippen molar-refractivity contribution < 1.29 is 19.1 Å². The van der Waals surface area contributed by atoms with Crippen molar-refractivity contribution in [2.24, 2.45) is 5.10 Å². The standard InChI is InChI=1S/C26H23N3O4/c1-32-19-12-10-17(11-13-19)24-15-22(18-6-5-7-20(14-18)33-2)27-29(24)16-28-23-9-4-3-8-21(23)25(30)26(28)31/h3-14,24H,15-16H2,1-2H3/t24-/m0/s1. The van der Waals surface area contributed by atoms with Crippen LogP contribution in [0.5, 0.6) is 11.5 Å². The van der Waals surface area contributed by atoms with E-state index in [1.165, 1.54) is 4.90 Å². The van der Waals surface area contributed by atoms with E-state index >= 15 is 0 Å². The van der Waals surface area contributed by atoms with Crippen LogP contribution in [0.4, 0.5) is 5.69 Å². The lowest BCUT2D eigenvalue weighted by atomic mass is 9.98. The number of ether oxygens (including phenoxy) is 2. The van der Waals surface area contributed by atoms with Crippen molar-refractivity contribution in [1.29, 1.82) is 0 Å². The molecule has 0 aromatic heterocycles. The lowest BCUT2D eigenvalue weighted by Gasteiger charge is -2.28. The summed E-state index contributed by atoms with van der Waals surface area (Å²) in [6.45, 7) is 0.172. The summed E-state index contributed by atoms with van der Waals surface area (Å²) in [6.07, 6.45) is 0.650. The second-order valence-corrected chi connectivity index (χ2v) is 7.93.